The lowest BCUT2D eigenvalue weighted by Crippen LogP contribution is -2.21. The summed E-state index contributed by atoms with van der Waals surface area (Å²) in [7, 11) is -5.84. The molecule has 0 saturated carbocycles. The van der Waals surface area contributed by atoms with Crippen molar-refractivity contribution in [3.05, 3.63) is 0 Å². The number of alkyl halides is 3. The monoisotopic (exact) mass is 277 g/mol. The molecule has 1 saturated heterocycles. The number of halogens is 3. The maximum absolute atomic E-state index is 10.7. The zero-order valence-corrected chi connectivity index (χ0v) is 9.59. The average molecular weight is 277 g/mol. The summed E-state index contributed by atoms with van der Waals surface area (Å²) >= 11 is 0. The molecule has 1 aliphatic heterocycles. The van der Waals surface area contributed by atoms with Crippen LogP contribution >= 0.6 is 0 Å². The molecule has 2 atom stereocenters. The molecule has 0 aromatic rings. The van der Waals surface area contributed by atoms with Crippen LogP contribution in [0.3, 0.4) is 0 Å². The average Bonchev–Trinajstić information content (AvgIpc) is 2.31. The highest BCUT2D eigenvalue weighted by atomic mass is 32.2. The largest absolute Gasteiger partial charge is 0.522 e. The van der Waals surface area contributed by atoms with Crippen molar-refractivity contribution >= 4 is 21.9 Å². The van der Waals surface area contributed by atoms with Gasteiger partial charge in [0, 0.05) is 11.8 Å². The molecule has 2 N–H and O–H groups in total. The normalized spacial score (nSPS) is 25.1. The fourth-order valence-corrected chi connectivity index (χ4v) is 0.803. The van der Waals surface area contributed by atoms with Gasteiger partial charge in [0.15, 0.2) is 0 Å². The van der Waals surface area contributed by atoms with E-state index >= 15 is 0 Å². The summed E-state index contributed by atoms with van der Waals surface area (Å²) in [5, 5.41) is 2.24. The molecule has 1 aliphatic rings. The summed E-state index contributed by atoms with van der Waals surface area (Å²) in [4.78, 5) is 21.3. The Kier molecular flexibility index (Phi) is 4.66. The van der Waals surface area contributed by atoms with Crippen molar-refractivity contribution in [3.63, 3.8) is 0 Å². The van der Waals surface area contributed by atoms with Crippen molar-refractivity contribution in [1.82, 2.24) is 5.32 Å². The molecule has 0 spiro atoms. The Morgan fingerprint density at radius 1 is 1.12 bits per heavy atom. The van der Waals surface area contributed by atoms with Crippen LogP contribution < -0.4 is 5.32 Å². The van der Waals surface area contributed by atoms with E-state index in [-0.39, 0.29) is 23.7 Å². The standard InChI is InChI=1S/C6H9NO2.CHF3O3S/c1-3-4(2)6(9)7-5(3)8;2-1(3,4)8(5,6)7/h3-4H,1-2H3,(H,7,8,9);(H,5,6,7). The summed E-state index contributed by atoms with van der Waals surface area (Å²) in [5.41, 5.74) is -5.53. The molecular formula is C7H10F3NO5S. The second kappa shape index (κ2) is 5.00. The molecule has 0 aromatic heterocycles. The van der Waals surface area contributed by atoms with Crippen LogP contribution in [0.5, 0.6) is 0 Å². The molecule has 1 heterocycles. The predicted octanol–water partition coefficient (Wildman–Crippen LogP) is 0.309. The number of carbonyl (C=O) groups is 2. The molecule has 2 unspecified atom stereocenters. The first-order chi connectivity index (χ1) is 7.38. The number of amides is 2. The van der Waals surface area contributed by atoms with Crippen LogP contribution in [0.1, 0.15) is 13.8 Å². The fraction of sp³-hybridized carbons (Fsp3) is 0.714. The van der Waals surface area contributed by atoms with Gasteiger partial charge in [0.1, 0.15) is 0 Å². The third-order valence-electron chi connectivity index (χ3n) is 2.12. The van der Waals surface area contributed by atoms with Gasteiger partial charge in [-0.25, -0.2) is 0 Å². The predicted molar refractivity (Wildman–Crippen MR) is 49.1 cm³/mol. The summed E-state index contributed by atoms with van der Waals surface area (Å²) < 4.78 is 57.5. The molecule has 1 fully saturated rings. The summed E-state index contributed by atoms with van der Waals surface area (Å²) in [6, 6.07) is 0. The van der Waals surface area contributed by atoms with E-state index in [1.165, 1.54) is 0 Å². The van der Waals surface area contributed by atoms with Crippen LogP contribution in [-0.4, -0.2) is 30.3 Å². The van der Waals surface area contributed by atoms with Gasteiger partial charge in [-0.1, -0.05) is 13.8 Å². The van der Waals surface area contributed by atoms with Gasteiger partial charge >= 0.3 is 15.6 Å². The third-order valence-corrected chi connectivity index (χ3v) is 2.70. The lowest BCUT2D eigenvalue weighted by Gasteiger charge is -1.99. The summed E-state index contributed by atoms with van der Waals surface area (Å²) in [5.74, 6) is -0.574. The van der Waals surface area contributed by atoms with Gasteiger partial charge in [0.25, 0.3) is 0 Å². The number of rotatable bonds is 0. The van der Waals surface area contributed by atoms with Gasteiger partial charge in [0.05, 0.1) is 0 Å². The van der Waals surface area contributed by atoms with Crippen LogP contribution in [-0.2, 0) is 19.7 Å². The number of hydrogen-bond acceptors (Lipinski definition) is 4. The molecule has 10 heteroatoms. The van der Waals surface area contributed by atoms with Gasteiger partial charge in [-0.05, 0) is 0 Å². The minimum Gasteiger partial charge on any atom is -0.296 e. The van der Waals surface area contributed by atoms with E-state index in [1.54, 1.807) is 13.8 Å². The lowest BCUT2D eigenvalue weighted by molar-refractivity contribution is -0.126. The molecular weight excluding hydrogens is 267 g/mol. The Hall–Kier alpha value is -1.16. The van der Waals surface area contributed by atoms with E-state index in [1.807, 2.05) is 0 Å². The molecule has 2 amide bonds. The molecule has 6 nitrogen and oxygen atoms in total. The van der Waals surface area contributed by atoms with Gasteiger partial charge in [-0.15, -0.1) is 0 Å². The van der Waals surface area contributed by atoms with Crippen LogP contribution in [0.4, 0.5) is 13.2 Å². The maximum Gasteiger partial charge on any atom is 0.522 e. The summed E-state index contributed by atoms with van der Waals surface area (Å²) in [6.45, 7) is 3.51. The molecule has 100 valence electrons. The molecule has 0 radical (unpaired) electrons. The van der Waals surface area contributed by atoms with Crippen LogP contribution in [0, 0.1) is 11.8 Å². The maximum atomic E-state index is 10.7. The zero-order valence-electron chi connectivity index (χ0n) is 8.78. The van der Waals surface area contributed by atoms with Gasteiger partial charge in [-0.2, -0.15) is 21.6 Å². The van der Waals surface area contributed by atoms with E-state index in [4.69, 9.17) is 13.0 Å². The topological polar surface area (TPSA) is 101 Å². The van der Waals surface area contributed by atoms with Crippen molar-refractivity contribution in [2.75, 3.05) is 0 Å². The quantitative estimate of drug-likeness (QED) is 0.377. The van der Waals surface area contributed by atoms with Crippen LogP contribution in [0.15, 0.2) is 0 Å². The molecule has 17 heavy (non-hydrogen) atoms. The highest BCUT2D eigenvalue weighted by Gasteiger charge is 2.44. The van der Waals surface area contributed by atoms with Crippen LogP contribution in [0.25, 0.3) is 0 Å². The van der Waals surface area contributed by atoms with E-state index in [0.29, 0.717) is 0 Å². The number of nitrogens with one attached hydrogen (secondary N) is 1. The molecule has 1 rings (SSSR count). The second-order valence-electron chi connectivity index (χ2n) is 3.35. The minimum absolute atomic E-state index is 0.141. The van der Waals surface area contributed by atoms with Gasteiger partial charge in [-0.3, -0.25) is 19.5 Å². The van der Waals surface area contributed by atoms with Gasteiger partial charge < -0.3 is 0 Å². The van der Waals surface area contributed by atoms with Crippen molar-refractivity contribution in [1.29, 1.82) is 0 Å². The third kappa shape index (κ3) is 4.30. The van der Waals surface area contributed by atoms with Crippen molar-refractivity contribution < 1.29 is 35.7 Å². The molecule has 0 bridgehead atoms. The Balaban J connectivity index is 0.000000304. The Morgan fingerprint density at radius 3 is 1.41 bits per heavy atom. The molecule has 0 aromatic carbocycles. The molecule has 0 aliphatic carbocycles. The van der Waals surface area contributed by atoms with E-state index in [2.05, 4.69) is 5.32 Å². The first-order valence-corrected chi connectivity index (χ1v) is 5.70. The minimum atomic E-state index is -5.84. The van der Waals surface area contributed by atoms with E-state index < -0.39 is 15.6 Å². The second-order valence-corrected chi connectivity index (χ2v) is 4.76. The Labute approximate surface area is 94.9 Å². The van der Waals surface area contributed by atoms with Crippen molar-refractivity contribution in [3.8, 4) is 0 Å². The van der Waals surface area contributed by atoms with E-state index in [0.717, 1.165) is 0 Å². The van der Waals surface area contributed by atoms with Gasteiger partial charge in [0.2, 0.25) is 11.8 Å². The highest BCUT2D eigenvalue weighted by molar-refractivity contribution is 7.86. The number of carbonyl (C=O) groups excluding carboxylic acids is 2. The summed E-state index contributed by atoms with van der Waals surface area (Å²) in [6.07, 6.45) is 0. The number of hydrogen-bond donors (Lipinski definition) is 2. The van der Waals surface area contributed by atoms with E-state index in [9.17, 15) is 22.8 Å². The first-order valence-electron chi connectivity index (χ1n) is 4.26. The Bertz CT molecular complexity index is 398. The van der Waals surface area contributed by atoms with Crippen LogP contribution in [0.2, 0.25) is 0 Å². The smallest absolute Gasteiger partial charge is 0.296 e. The first kappa shape index (κ1) is 15.8. The highest BCUT2D eigenvalue weighted by Crippen LogP contribution is 2.20. The zero-order chi connectivity index (χ0) is 14.0. The van der Waals surface area contributed by atoms with Crippen molar-refractivity contribution in [2.24, 2.45) is 11.8 Å². The SMILES string of the molecule is CC1C(=O)NC(=O)C1C.O=S(=O)(O)C(F)(F)F. The Morgan fingerprint density at radius 2 is 1.35 bits per heavy atom. The van der Waals surface area contributed by atoms with Crippen molar-refractivity contribution in [2.45, 2.75) is 19.4 Å². The fourth-order valence-electron chi connectivity index (χ4n) is 0.803. The number of imide groups is 1. The lowest BCUT2D eigenvalue weighted by atomic mass is 10.00.